The average molecular weight is 518 g/mol. The van der Waals surface area contributed by atoms with Crippen LogP contribution in [0, 0.1) is 0 Å². The first-order valence-corrected chi connectivity index (χ1v) is 11.2. The van der Waals surface area contributed by atoms with Gasteiger partial charge in [-0.1, -0.05) is 34.1 Å². The van der Waals surface area contributed by atoms with Crippen molar-refractivity contribution >= 4 is 56.4 Å². The molecule has 1 atom stereocenters. The largest absolute Gasteiger partial charge is 0.366 e. The van der Waals surface area contributed by atoms with Crippen molar-refractivity contribution in [1.82, 2.24) is 9.97 Å². The number of aldehydes is 1. The molecule has 0 saturated carbocycles. The molecule has 0 saturated heterocycles. The van der Waals surface area contributed by atoms with Crippen LogP contribution in [-0.2, 0) is 4.79 Å². The molecule has 34 heavy (non-hydrogen) atoms. The fraction of sp³-hybridized carbons (Fsp3) is 0.0800. The normalized spacial score (nSPS) is 11.6. The molecule has 0 bridgehead atoms. The monoisotopic (exact) mass is 517 g/mol. The predicted octanol–water partition coefficient (Wildman–Crippen LogP) is 4.49. The molecule has 1 unspecified atom stereocenters. The molecule has 0 radical (unpaired) electrons. The molecule has 3 aromatic carbocycles. The van der Waals surface area contributed by atoms with Crippen LogP contribution in [0.2, 0.25) is 0 Å². The third-order valence-corrected chi connectivity index (χ3v) is 5.76. The zero-order valence-electron chi connectivity index (χ0n) is 17.9. The van der Waals surface area contributed by atoms with Gasteiger partial charge in [-0.15, -0.1) is 0 Å². The van der Waals surface area contributed by atoms with Gasteiger partial charge in [0.25, 0.3) is 11.8 Å². The van der Waals surface area contributed by atoms with E-state index in [0.717, 1.165) is 16.3 Å². The Bertz CT molecular complexity index is 1370. The van der Waals surface area contributed by atoms with Crippen LogP contribution in [0.4, 0.5) is 11.5 Å². The second-order valence-corrected chi connectivity index (χ2v) is 8.39. The van der Waals surface area contributed by atoms with E-state index < -0.39 is 11.9 Å². The number of nitrogens with one attached hydrogen (secondary N) is 2. The first kappa shape index (κ1) is 23.1. The third kappa shape index (κ3) is 5.10. The van der Waals surface area contributed by atoms with Crippen LogP contribution in [0.15, 0.2) is 77.5 Å². The lowest BCUT2D eigenvalue weighted by Gasteiger charge is -2.19. The Kier molecular flexibility index (Phi) is 6.93. The van der Waals surface area contributed by atoms with E-state index in [9.17, 15) is 14.4 Å². The fourth-order valence-electron chi connectivity index (χ4n) is 3.58. The first-order chi connectivity index (χ1) is 16.5. The molecule has 8 nitrogen and oxygen atoms in total. The molecule has 4 N–H and O–H groups in total. The number of primary amides is 1. The number of para-hydroxylation sites is 1. The minimum absolute atomic E-state index is 0.158. The fourth-order valence-corrected chi connectivity index (χ4v) is 3.84. The number of hydrogen-bond acceptors (Lipinski definition) is 6. The Hall–Kier alpha value is -4.11. The van der Waals surface area contributed by atoms with Crippen molar-refractivity contribution < 1.29 is 14.4 Å². The summed E-state index contributed by atoms with van der Waals surface area (Å²) in [6.45, 7) is 0. The molecule has 1 aromatic heterocycles. The van der Waals surface area contributed by atoms with Crippen molar-refractivity contribution in [2.75, 3.05) is 10.6 Å². The third-order valence-electron chi connectivity index (χ3n) is 5.23. The topological polar surface area (TPSA) is 127 Å². The lowest BCUT2D eigenvalue weighted by atomic mass is 10.0. The van der Waals surface area contributed by atoms with E-state index in [-0.39, 0.29) is 17.9 Å². The number of benzene rings is 3. The summed E-state index contributed by atoms with van der Waals surface area (Å²) in [7, 11) is 0. The summed E-state index contributed by atoms with van der Waals surface area (Å²) in [5.41, 5.74) is 8.07. The highest BCUT2D eigenvalue weighted by atomic mass is 79.9. The van der Waals surface area contributed by atoms with E-state index in [2.05, 4.69) is 36.5 Å². The summed E-state index contributed by atoms with van der Waals surface area (Å²) in [4.78, 5) is 44.3. The van der Waals surface area contributed by atoms with Gasteiger partial charge in [-0.3, -0.25) is 9.59 Å². The molecule has 0 spiro atoms. The lowest BCUT2D eigenvalue weighted by Crippen LogP contribution is -2.16. The molecule has 9 heteroatoms. The molecule has 0 fully saturated rings. The van der Waals surface area contributed by atoms with Crippen LogP contribution >= 0.6 is 15.9 Å². The number of carbonyl (C=O) groups is 3. The summed E-state index contributed by atoms with van der Waals surface area (Å²) in [5.74, 6) is -0.372. The SMILES string of the molecule is NC(=O)c1cccc2c(NC(CC=O)c3cccc(NC(=O)c4ccc(Br)cc4)c3)ncnc12. The zero-order valence-corrected chi connectivity index (χ0v) is 19.5. The number of nitrogens with two attached hydrogens (primary N) is 1. The van der Waals surface area contributed by atoms with Crippen molar-refractivity contribution in [3.05, 3.63) is 94.2 Å². The second kappa shape index (κ2) is 10.2. The highest BCUT2D eigenvalue weighted by Gasteiger charge is 2.17. The molecular formula is C25H20BrN5O3. The number of fused-ring (bicyclic) bond motifs is 1. The molecule has 0 aliphatic rings. The maximum atomic E-state index is 12.6. The van der Waals surface area contributed by atoms with Gasteiger partial charge in [-0.2, -0.15) is 0 Å². The maximum Gasteiger partial charge on any atom is 0.255 e. The van der Waals surface area contributed by atoms with Gasteiger partial charge < -0.3 is 21.2 Å². The highest BCUT2D eigenvalue weighted by Crippen LogP contribution is 2.28. The number of halogens is 1. The standard InChI is InChI=1S/C25H20BrN5O3/c26-17-9-7-15(8-10-17)25(34)30-18-4-1-3-16(13-18)21(11-12-32)31-24-20-6-2-5-19(23(27)33)22(20)28-14-29-24/h1-10,12-14,21H,11H2,(H2,27,33)(H,30,34)(H,28,29,31). The maximum absolute atomic E-state index is 12.6. The average Bonchev–Trinajstić information content (AvgIpc) is 2.84. The van der Waals surface area contributed by atoms with E-state index in [1.54, 1.807) is 60.7 Å². The smallest absolute Gasteiger partial charge is 0.255 e. The molecule has 1 heterocycles. The van der Waals surface area contributed by atoms with Crippen molar-refractivity contribution in [3.63, 3.8) is 0 Å². The number of hydrogen-bond donors (Lipinski definition) is 3. The Morgan fingerprint density at radius 1 is 1.03 bits per heavy atom. The summed E-state index contributed by atoms with van der Waals surface area (Å²) >= 11 is 3.36. The van der Waals surface area contributed by atoms with Gasteiger partial charge in [0, 0.05) is 27.5 Å². The summed E-state index contributed by atoms with van der Waals surface area (Å²) in [5, 5.41) is 6.76. The number of amides is 2. The van der Waals surface area contributed by atoms with Crippen LogP contribution < -0.4 is 16.4 Å². The van der Waals surface area contributed by atoms with Gasteiger partial charge in [0.15, 0.2) is 0 Å². The van der Waals surface area contributed by atoms with Gasteiger partial charge in [-0.05, 0) is 54.1 Å². The molecule has 0 aliphatic heterocycles. The molecule has 4 aromatic rings. The first-order valence-electron chi connectivity index (χ1n) is 10.4. The Morgan fingerprint density at radius 3 is 2.53 bits per heavy atom. The van der Waals surface area contributed by atoms with E-state index in [4.69, 9.17) is 5.73 Å². The van der Waals surface area contributed by atoms with E-state index in [1.165, 1.54) is 6.33 Å². The van der Waals surface area contributed by atoms with E-state index >= 15 is 0 Å². The molecule has 4 rings (SSSR count). The Morgan fingerprint density at radius 2 is 1.79 bits per heavy atom. The van der Waals surface area contributed by atoms with Gasteiger partial charge in [-0.25, -0.2) is 9.97 Å². The number of rotatable bonds is 8. The predicted molar refractivity (Wildman–Crippen MR) is 134 cm³/mol. The van der Waals surface area contributed by atoms with Crippen LogP contribution in [0.5, 0.6) is 0 Å². The number of aromatic nitrogens is 2. The lowest BCUT2D eigenvalue weighted by molar-refractivity contribution is -0.108. The van der Waals surface area contributed by atoms with Crippen molar-refractivity contribution in [2.45, 2.75) is 12.5 Å². The summed E-state index contributed by atoms with van der Waals surface area (Å²) < 4.78 is 0.883. The van der Waals surface area contributed by atoms with Crippen molar-refractivity contribution in [3.8, 4) is 0 Å². The van der Waals surface area contributed by atoms with E-state index in [1.807, 2.05) is 6.07 Å². The molecule has 0 aliphatic carbocycles. The number of anilines is 2. The van der Waals surface area contributed by atoms with Gasteiger partial charge in [0.2, 0.25) is 0 Å². The summed E-state index contributed by atoms with van der Waals surface area (Å²) in [6, 6.07) is 18.9. The molecule has 170 valence electrons. The second-order valence-electron chi connectivity index (χ2n) is 7.47. The van der Waals surface area contributed by atoms with E-state index in [0.29, 0.717) is 28.0 Å². The van der Waals surface area contributed by atoms with Crippen LogP contribution in [0.25, 0.3) is 10.9 Å². The van der Waals surface area contributed by atoms with Crippen molar-refractivity contribution in [2.24, 2.45) is 5.73 Å². The minimum Gasteiger partial charge on any atom is -0.366 e. The molecular weight excluding hydrogens is 498 g/mol. The Labute approximate surface area is 203 Å². The number of carbonyl (C=O) groups excluding carboxylic acids is 3. The molecule has 2 amide bonds. The highest BCUT2D eigenvalue weighted by molar-refractivity contribution is 9.10. The van der Waals surface area contributed by atoms with Gasteiger partial charge in [0.05, 0.1) is 17.1 Å². The van der Waals surface area contributed by atoms with Gasteiger partial charge >= 0.3 is 0 Å². The van der Waals surface area contributed by atoms with Crippen LogP contribution in [0.1, 0.15) is 38.7 Å². The van der Waals surface area contributed by atoms with Gasteiger partial charge in [0.1, 0.15) is 18.4 Å². The zero-order chi connectivity index (χ0) is 24.1. The summed E-state index contributed by atoms with van der Waals surface area (Å²) in [6.07, 6.45) is 2.30. The quantitative estimate of drug-likeness (QED) is 0.295. The van der Waals surface area contributed by atoms with Crippen LogP contribution in [-0.4, -0.2) is 28.1 Å². The van der Waals surface area contributed by atoms with Crippen molar-refractivity contribution in [1.29, 1.82) is 0 Å². The number of nitrogens with zero attached hydrogens (tertiary/aromatic N) is 2. The minimum atomic E-state index is -0.589. The van der Waals surface area contributed by atoms with Crippen LogP contribution in [0.3, 0.4) is 0 Å². The Balaban J connectivity index is 1.62.